The molecule has 1 aliphatic heterocycles. The quantitative estimate of drug-likeness (QED) is 0.633. The minimum Gasteiger partial charge on any atom is -0.316 e. The fourth-order valence-electron chi connectivity index (χ4n) is 2.34. The molecule has 18 heavy (non-hydrogen) atoms. The third kappa shape index (κ3) is 3.27. The number of benzene rings is 1. The fraction of sp³-hybridized carbons (Fsp3) is 0.538. The number of nitrogens with zero attached hydrogens (tertiary/aromatic N) is 2. The maximum Gasteiger partial charge on any atom is 0.269 e. The van der Waals surface area contributed by atoms with Crippen LogP contribution in [0.4, 0.5) is 5.69 Å². The van der Waals surface area contributed by atoms with E-state index in [9.17, 15) is 10.1 Å². The van der Waals surface area contributed by atoms with Crippen molar-refractivity contribution in [3.05, 3.63) is 39.9 Å². The van der Waals surface area contributed by atoms with Crippen LogP contribution in [-0.4, -0.2) is 42.5 Å². The summed E-state index contributed by atoms with van der Waals surface area (Å²) in [6.45, 7) is 3.26. The summed E-state index contributed by atoms with van der Waals surface area (Å²) in [7, 11) is 2.00. The second-order valence-electron chi connectivity index (χ2n) is 4.75. The lowest BCUT2D eigenvalue weighted by atomic mass is 10.1. The summed E-state index contributed by atoms with van der Waals surface area (Å²) in [4.78, 5) is 12.6. The Labute approximate surface area is 107 Å². The Morgan fingerprint density at radius 2 is 2.17 bits per heavy atom. The van der Waals surface area contributed by atoms with Gasteiger partial charge in [-0.3, -0.25) is 10.1 Å². The summed E-state index contributed by atoms with van der Waals surface area (Å²) in [6.07, 6.45) is 2.16. The van der Waals surface area contributed by atoms with Crippen LogP contribution in [-0.2, 0) is 6.42 Å². The van der Waals surface area contributed by atoms with E-state index in [-0.39, 0.29) is 10.6 Å². The Morgan fingerprint density at radius 1 is 1.44 bits per heavy atom. The molecule has 0 radical (unpaired) electrons. The van der Waals surface area contributed by atoms with Crippen molar-refractivity contribution in [2.24, 2.45) is 0 Å². The van der Waals surface area contributed by atoms with Gasteiger partial charge in [-0.15, -0.1) is 0 Å². The lowest BCUT2D eigenvalue weighted by Gasteiger charge is -2.15. The number of likely N-dealkylation sites (tertiary alicyclic amines) is 1. The van der Waals surface area contributed by atoms with Gasteiger partial charge in [0.15, 0.2) is 0 Å². The number of hydrogen-bond acceptors (Lipinski definition) is 4. The van der Waals surface area contributed by atoms with Crippen LogP contribution in [0, 0.1) is 10.1 Å². The van der Waals surface area contributed by atoms with Gasteiger partial charge in [0.05, 0.1) is 4.92 Å². The molecule has 5 nitrogen and oxygen atoms in total. The highest BCUT2D eigenvalue weighted by atomic mass is 16.6. The molecule has 1 atom stereocenters. The molecule has 1 N–H and O–H groups in total. The molecule has 0 amide bonds. The average molecular weight is 249 g/mol. The average Bonchev–Trinajstić information content (AvgIpc) is 2.85. The van der Waals surface area contributed by atoms with E-state index in [4.69, 9.17) is 0 Å². The SMILES string of the molecule is CNC1CCN(CCc2ccc([N+](=O)[O-])cc2)C1. The second kappa shape index (κ2) is 5.93. The van der Waals surface area contributed by atoms with Gasteiger partial charge < -0.3 is 10.2 Å². The lowest BCUT2D eigenvalue weighted by Crippen LogP contribution is -2.30. The zero-order chi connectivity index (χ0) is 13.0. The molecule has 1 aromatic carbocycles. The number of non-ortho nitro benzene ring substituents is 1. The van der Waals surface area contributed by atoms with Crippen molar-refractivity contribution in [2.75, 3.05) is 26.7 Å². The number of likely N-dealkylation sites (N-methyl/N-ethyl adjacent to an activating group) is 1. The van der Waals surface area contributed by atoms with Gasteiger partial charge in [0.2, 0.25) is 0 Å². The Kier molecular flexibility index (Phi) is 4.28. The summed E-state index contributed by atoms with van der Waals surface area (Å²) in [6, 6.07) is 7.47. The van der Waals surface area contributed by atoms with E-state index < -0.39 is 0 Å². The molecule has 0 aromatic heterocycles. The molecule has 0 saturated carbocycles. The molecule has 1 fully saturated rings. The first-order chi connectivity index (χ1) is 8.69. The van der Waals surface area contributed by atoms with Crippen molar-refractivity contribution in [2.45, 2.75) is 18.9 Å². The summed E-state index contributed by atoms with van der Waals surface area (Å²) >= 11 is 0. The van der Waals surface area contributed by atoms with Gasteiger partial charge in [-0.2, -0.15) is 0 Å². The first-order valence-electron chi connectivity index (χ1n) is 6.32. The highest BCUT2D eigenvalue weighted by Gasteiger charge is 2.20. The Bertz CT molecular complexity index is 405. The van der Waals surface area contributed by atoms with Crippen LogP contribution in [0.15, 0.2) is 24.3 Å². The summed E-state index contributed by atoms with van der Waals surface area (Å²) < 4.78 is 0. The number of nitro groups is 1. The largest absolute Gasteiger partial charge is 0.316 e. The molecule has 2 rings (SSSR count). The van der Waals surface area contributed by atoms with Crippen LogP contribution >= 0.6 is 0 Å². The zero-order valence-electron chi connectivity index (χ0n) is 10.6. The Morgan fingerprint density at radius 3 is 2.72 bits per heavy atom. The molecule has 1 heterocycles. The zero-order valence-corrected chi connectivity index (χ0v) is 10.6. The smallest absolute Gasteiger partial charge is 0.269 e. The van der Waals surface area contributed by atoms with Gasteiger partial charge >= 0.3 is 0 Å². The van der Waals surface area contributed by atoms with E-state index in [1.165, 1.54) is 6.42 Å². The molecule has 1 saturated heterocycles. The van der Waals surface area contributed by atoms with Crippen molar-refractivity contribution in [3.8, 4) is 0 Å². The van der Waals surface area contributed by atoms with E-state index in [2.05, 4.69) is 10.2 Å². The third-order valence-electron chi connectivity index (χ3n) is 3.54. The highest BCUT2D eigenvalue weighted by molar-refractivity contribution is 5.32. The molecule has 0 bridgehead atoms. The van der Waals surface area contributed by atoms with Gasteiger partial charge in [0.25, 0.3) is 5.69 Å². The first-order valence-corrected chi connectivity index (χ1v) is 6.32. The maximum absolute atomic E-state index is 10.5. The molecule has 0 aliphatic carbocycles. The van der Waals surface area contributed by atoms with Crippen molar-refractivity contribution in [3.63, 3.8) is 0 Å². The van der Waals surface area contributed by atoms with Crippen LogP contribution < -0.4 is 5.32 Å². The number of nitro benzene ring substituents is 1. The molecule has 1 aliphatic rings. The Hall–Kier alpha value is -1.46. The first kappa shape index (κ1) is 13.0. The summed E-state index contributed by atoms with van der Waals surface area (Å²) in [5.74, 6) is 0. The monoisotopic (exact) mass is 249 g/mol. The van der Waals surface area contributed by atoms with E-state index in [1.54, 1.807) is 12.1 Å². The minimum absolute atomic E-state index is 0.162. The van der Waals surface area contributed by atoms with Gasteiger partial charge in [-0.25, -0.2) is 0 Å². The number of rotatable bonds is 5. The lowest BCUT2D eigenvalue weighted by molar-refractivity contribution is -0.384. The van der Waals surface area contributed by atoms with Crippen LogP contribution in [0.2, 0.25) is 0 Å². The predicted octanol–water partition coefficient (Wildman–Crippen LogP) is 1.43. The second-order valence-corrected chi connectivity index (χ2v) is 4.75. The van der Waals surface area contributed by atoms with E-state index in [0.29, 0.717) is 6.04 Å². The van der Waals surface area contributed by atoms with Crippen molar-refractivity contribution in [1.29, 1.82) is 0 Å². The van der Waals surface area contributed by atoms with Gasteiger partial charge in [-0.05, 0) is 32.0 Å². The van der Waals surface area contributed by atoms with Crippen molar-refractivity contribution in [1.82, 2.24) is 10.2 Å². The van der Waals surface area contributed by atoms with Crippen molar-refractivity contribution < 1.29 is 4.92 Å². The van der Waals surface area contributed by atoms with E-state index in [0.717, 1.165) is 31.6 Å². The molecule has 1 unspecified atom stereocenters. The predicted molar refractivity (Wildman–Crippen MR) is 70.7 cm³/mol. The minimum atomic E-state index is -0.359. The van der Waals surface area contributed by atoms with Gasteiger partial charge in [0, 0.05) is 31.3 Å². The van der Waals surface area contributed by atoms with Gasteiger partial charge in [-0.1, -0.05) is 12.1 Å². The molecule has 5 heteroatoms. The van der Waals surface area contributed by atoms with Gasteiger partial charge in [0.1, 0.15) is 0 Å². The van der Waals surface area contributed by atoms with Crippen LogP contribution in [0.5, 0.6) is 0 Å². The van der Waals surface area contributed by atoms with Crippen molar-refractivity contribution >= 4 is 5.69 Å². The summed E-state index contributed by atoms with van der Waals surface area (Å²) in [5.41, 5.74) is 1.32. The van der Waals surface area contributed by atoms with Crippen LogP contribution in [0.1, 0.15) is 12.0 Å². The van der Waals surface area contributed by atoms with Crippen LogP contribution in [0.25, 0.3) is 0 Å². The molecular weight excluding hydrogens is 230 g/mol. The Balaban J connectivity index is 1.82. The fourth-order valence-corrected chi connectivity index (χ4v) is 2.34. The van der Waals surface area contributed by atoms with Crippen LogP contribution in [0.3, 0.4) is 0 Å². The molecule has 0 spiro atoms. The maximum atomic E-state index is 10.5. The normalized spacial score (nSPS) is 20.2. The third-order valence-corrected chi connectivity index (χ3v) is 3.54. The van der Waals surface area contributed by atoms with E-state index in [1.807, 2.05) is 19.2 Å². The number of hydrogen-bond donors (Lipinski definition) is 1. The highest BCUT2D eigenvalue weighted by Crippen LogP contribution is 2.14. The number of nitrogens with one attached hydrogen (secondary N) is 1. The summed E-state index contributed by atoms with van der Waals surface area (Å²) in [5, 5.41) is 13.8. The molecule has 1 aromatic rings. The van der Waals surface area contributed by atoms with E-state index >= 15 is 0 Å². The molecule has 98 valence electrons. The standard InChI is InChI=1S/C13H19N3O2/c1-14-12-7-9-15(10-12)8-6-11-2-4-13(5-3-11)16(17)18/h2-5,12,14H,6-10H2,1H3. The molecular formula is C13H19N3O2. The topological polar surface area (TPSA) is 58.4 Å².